The van der Waals surface area contributed by atoms with Crippen LogP contribution in [0.4, 0.5) is 39.2 Å². The molecule has 162 valence electrons. The number of nitrogens with zero attached hydrogens (tertiary/aromatic N) is 3. The van der Waals surface area contributed by atoms with Gasteiger partial charge in [0.1, 0.15) is 18.0 Å². The van der Waals surface area contributed by atoms with Gasteiger partial charge in [-0.15, -0.1) is 0 Å². The minimum absolute atomic E-state index is 0.237. The number of hydrogen-bond donors (Lipinski definition) is 4. The van der Waals surface area contributed by atoms with E-state index in [0.717, 1.165) is 11.9 Å². The molecule has 2 aromatic carbocycles. The molecule has 0 radical (unpaired) electrons. The monoisotopic (exact) mass is 461 g/mol. The van der Waals surface area contributed by atoms with E-state index in [1.54, 1.807) is 30.3 Å². The molecule has 1 aromatic heterocycles. The minimum atomic E-state index is -3.47. The van der Waals surface area contributed by atoms with E-state index in [1.807, 2.05) is 0 Å². The van der Waals surface area contributed by atoms with Gasteiger partial charge in [-0.2, -0.15) is 0 Å². The highest BCUT2D eigenvalue weighted by molar-refractivity contribution is 7.92. The van der Waals surface area contributed by atoms with E-state index in [-0.39, 0.29) is 16.4 Å². The summed E-state index contributed by atoms with van der Waals surface area (Å²) in [7, 11) is -1.95. The van der Waals surface area contributed by atoms with Gasteiger partial charge in [0.25, 0.3) is 0 Å². The molecule has 1 heterocycles. The molecule has 5 N–H and O–H groups in total. The zero-order valence-electron chi connectivity index (χ0n) is 16.6. The van der Waals surface area contributed by atoms with E-state index in [2.05, 4.69) is 25.3 Å². The molecular weight excluding hydrogens is 442 g/mol. The first-order chi connectivity index (χ1) is 14.6. The van der Waals surface area contributed by atoms with Crippen LogP contribution in [-0.2, 0) is 10.0 Å². The van der Waals surface area contributed by atoms with Gasteiger partial charge in [-0.3, -0.25) is 9.62 Å². The van der Waals surface area contributed by atoms with E-state index in [0.29, 0.717) is 17.3 Å². The Morgan fingerprint density at radius 1 is 1.06 bits per heavy atom. The van der Waals surface area contributed by atoms with Crippen LogP contribution in [0.15, 0.2) is 54.9 Å². The number of carbonyl (C=O) groups excluding carboxylic acids is 1. The molecule has 31 heavy (non-hydrogen) atoms. The second kappa shape index (κ2) is 9.06. The van der Waals surface area contributed by atoms with Crippen LogP contribution in [0.1, 0.15) is 0 Å². The summed E-state index contributed by atoms with van der Waals surface area (Å²) in [5.41, 5.74) is 7.60. The number of urea groups is 1. The number of rotatable bonds is 6. The predicted octanol–water partition coefficient (Wildman–Crippen LogP) is 3.50. The summed E-state index contributed by atoms with van der Waals surface area (Å²) in [5, 5.41) is 5.98. The first-order valence-corrected chi connectivity index (χ1v) is 11.1. The fourth-order valence-electron chi connectivity index (χ4n) is 2.51. The number of amides is 2. The summed E-state index contributed by atoms with van der Waals surface area (Å²) in [4.78, 5) is 22.2. The first-order valence-electron chi connectivity index (χ1n) is 8.87. The van der Waals surface area contributed by atoms with Crippen molar-refractivity contribution in [3.63, 3.8) is 0 Å². The molecule has 0 bridgehead atoms. The maximum absolute atomic E-state index is 12.7. The van der Waals surface area contributed by atoms with Gasteiger partial charge < -0.3 is 16.4 Å². The number of nitrogens with two attached hydrogens (primary N) is 1. The van der Waals surface area contributed by atoms with Crippen LogP contribution in [0.2, 0.25) is 5.02 Å². The molecule has 0 saturated heterocycles. The Hall–Kier alpha value is -3.57. The van der Waals surface area contributed by atoms with Gasteiger partial charge in [-0.1, -0.05) is 11.6 Å². The van der Waals surface area contributed by atoms with Crippen molar-refractivity contribution >= 4 is 62.0 Å². The molecule has 0 spiro atoms. The number of nitrogen functional groups attached to an aromatic ring is 1. The SMILES string of the molecule is CN(C(=O)Nc1cc(NS(C)(=O)=O)ccc1Cl)c1cc(Nc2ccc(N)cc2)ncn1. The molecule has 0 unspecified atom stereocenters. The average molecular weight is 462 g/mol. The second-order valence-corrected chi connectivity index (χ2v) is 8.72. The molecular formula is C19H20ClN7O3S. The van der Waals surface area contributed by atoms with Gasteiger partial charge in [-0.05, 0) is 42.5 Å². The molecule has 2 amide bonds. The summed E-state index contributed by atoms with van der Waals surface area (Å²) >= 11 is 6.13. The lowest BCUT2D eigenvalue weighted by Crippen LogP contribution is -2.32. The third-order valence-electron chi connectivity index (χ3n) is 4.00. The van der Waals surface area contributed by atoms with E-state index in [9.17, 15) is 13.2 Å². The third-order valence-corrected chi connectivity index (χ3v) is 4.93. The van der Waals surface area contributed by atoms with Gasteiger partial charge in [0.05, 0.1) is 22.7 Å². The second-order valence-electron chi connectivity index (χ2n) is 6.57. The Morgan fingerprint density at radius 3 is 2.42 bits per heavy atom. The Balaban J connectivity index is 1.74. The number of halogens is 1. The first kappa shape index (κ1) is 22.1. The van der Waals surface area contributed by atoms with Crippen LogP contribution in [-0.4, -0.2) is 37.7 Å². The molecule has 0 aliphatic rings. The van der Waals surface area contributed by atoms with Gasteiger partial charge in [0.2, 0.25) is 10.0 Å². The Morgan fingerprint density at radius 2 is 1.74 bits per heavy atom. The molecule has 0 saturated carbocycles. The van der Waals surface area contributed by atoms with Gasteiger partial charge >= 0.3 is 6.03 Å². The highest BCUT2D eigenvalue weighted by atomic mass is 35.5. The van der Waals surface area contributed by atoms with Gasteiger partial charge in [0, 0.05) is 24.5 Å². The predicted molar refractivity (Wildman–Crippen MR) is 124 cm³/mol. The summed E-state index contributed by atoms with van der Waals surface area (Å²) in [6.45, 7) is 0. The van der Waals surface area contributed by atoms with E-state index in [1.165, 1.54) is 36.5 Å². The Kier molecular flexibility index (Phi) is 6.47. The van der Waals surface area contributed by atoms with Crippen LogP contribution >= 0.6 is 11.6 Å². The van der Waals surface area contributed by atoms with Crippen LogP contribution < -0.4 is 26.0 Å². The van der Waals surface area contributed by atoms with Crippen LogP contribution in [0.5, 0.6) is 0 Å². The molecule has 0 aliphatic heterocycles. The van der Waals surface area contributed by atoms with Crippen molar-refractivity contribution in [1.82, 2.24) is 9.97 Å². The molecule has 3 aromatic rings. The van der Waals surface area contributed by atoms with Crippen LogP contribution in [0.3, 0.4) is 0 Å². The molecule has 0 aliphatic carbocycles. The number of hydrogen-bond acceptors (Lipinski definition) is 7. The summed E-state index contributed by atoms with van der Waals surface area (Å²) in [5.74, 6) is 0.804. The molecule has 10 nitrogen and oxygen atoms in total. The van der Waals surface area contributed by atoms with Crippen molar-refractivity contribution < 1.29 is 13.2 Å². The van der Waals surface area contributed by atoms with Gasteiger partial charge in [-0.25, -0.2) is 23.2 Å². The van der Waals surface area contributed by atoms with Crippen molar-refractivity contribution in [1.29, 1.82) is 0 Å². The lowest BCUT2D eigenvalue weighted by atomic mass is 10.3. The fraction of sp³-hybridized carbons (Fsp3) is 0.105. The number of nitrogens with one attached hydrogen (secondary N) is 3. The normalized spacial score (nSPS) is 10.9. The zero-order valence-corrected chi connectivity index (χ0v) is 18.2. The smallest absolute Gasteiger partial charge is 0.327 e. The molecule has 3 rings (SSSR count). The Labute approximate surface area is 184 Å². The molecule has 0 fully saturated rings. The fourth-order valence-corrected chi connectivity index (χ4v) is 3.23. The lowest BCUT2D eigenvalue weighted by molar-refractivity contribution is 0.258. The highest BCUT2D eigenvalue weighted by Crippen LogP contribution is 2.27. The third kappa shape index (κ3) is 6.20. The average Bonchev–Trinajstić information content (AvgIpc) is 2.71. The van der Waals surface area contributed by atoms with E-state index < -0.39 is 16.1 Å². The van der Waals surface area contributed by atoms with Crippen molar-refractivity contribution in [3.8, 4) is 0 Å². The topological polar surface area (TPSA) is 142 Å². The minimum Gasteiger partial charge on any atom is -0.399 e. The summed E-state index contributed by atoms with van der Waals surface area (Å²) < 4.78 is 25.2. The van der Waals surface area contributed by atoms with E-state index >= 15 is 0 Å². The summed E-state index contributed by atoms with van der Waals surface area (Å²) in [6.07, 6.45) is 2.35. The van der Waals surface area contributed by atoms with Crippen molar-refractivity contribution in [2.24, 2.45) is 0 Å². The quantitative estimate of drug-likeness (QED) is 0.411. The number of carbonyl (C=O) groups is 1. The number of sulfonamides is 1. The van der Waals surface area contributed by atoms with E-state index in [4.69, 9.17) is 17.3 Å². The number of aromatic nitrogens is 2. The zero-order chi connectivity index (χ0) is 22.6. The number of anilines is 6. The van der Waals surface area contributed by atoms with Crippen molar-refractivity contribution in [3.05, 3.63) is 59.9 Å². The maximum Gasteiger partial charge on any atom is 0.327 e. The molecule has 0 atom stereocenters. The van der Waals surface area contributed by atoms with Crippen molar-refractivity contribution in [2.45, 2.75) is 0 Å². The largest absolute Gasteiger partial charge is 0.399 e. The number of benzene rings is 2. The van der Waals surface area contributed by atoms with Crippen molar-refractivity contribution in [2.75, 3.05) is 39.3 Å². The standard InChI is InChI=1S/C19H20ClN7O3S/c1-27(18-10-17(22-11-23-18)24-13-5-3-12(21)4-6-13)19(28)25-16-9-14(7-8-15(16)20)26-31(2,29)30/h3-11,26H,21H2,1-2H3,(H,25,28)(H,22,23,24). The highest BCUT2D eigenvalue weighted by Gasteiger charge is 2.15. The van der Waals surface area contributed by atoms with Crippen LogP contribution in [0, 0.1) is 0 Å². The van der Waals surface area contributed by atoms with Gasteiger partial charge in [0.15, 0.2) is 0 Å². The molecule has 12 heteroatoms. The lowest BCUT2D eigenvalue weighted by Gasteiger charge is -2.18. The van der Waals surface area contributed by atoms with Crippen LogP contribution in [0.25, 0.3) is 0 Å². The Bertz CT molecular complexity index is 1200. The summed E-state index contributed by atoms with van der Waals surface area (Å²) in [6, 6.07) is 12.5. The maximum atomic E-state index is 12.7.